The average molecular weight is 635 g/mol. The molecule has 2 aromatic rings. The van der Waals surface area contributed by atoms with Crippen molar-refractivity contribution in [2.45, 2.75) is 44.9 Å². The fraction of sp³-hybridized carbons (Fsp3) is 0.742. The van der Waals surface area contributed by atoms with Crippen molar-refractivity contribution in [2.75, 3.05) is 127 Å². The zero-order valence-electron chi connectivity index (χ0n) is 27.6. The Bertz CT molecular complexity index is 1150. The van der Waals surface area contributed by atoms with Crippen molar-refractivity contribution >= 4 is 22.7 Å². The maximum atomic E-state index is 12.1. The highest BCUT2D eigenvalue weighted by molar-refractivity contribution is 5.74. The molecule has 0 bridgehead atoms. The summed E-state index contributed by atoms with van der Waals surface area (Å²) in [6.45, 7) is 10.4. The van der Waals surface area contributed by atoms with Gasteiger partial charge in [-0.15, -0.1) is 0 Å². The molecule has 0 radical (unpaired) electrons. The molecule has 14 nitrogen and oxygen atoms in total. The maximum Gasteiger partial charge on any atom is 0.253 e. The first-order valence-electron chi connectivity index (χ1n) is 16.6. The molecule has 0 atom stereocenters. The fourth-order valence-corrected chi connectivity index (χ4v) is 5.21. The van der Waals surface area contributed by atoms with Gasteiger partial charge in [0.1, 0.15) is 22.7 Å². The fourth-order valence-electron chi connectivity index (χ4n) is 5.21. The molecule has 256 valence electrons. The van der Waals surface area contributed by atoms with Crippen LogP contribution in [0.4, 0.5) is 22.7 Å². The van der Waals surface area contributed by atoms with E-state index in [1.807, 2.05) is 14.1 Å². The van der Waals surface area contributed by atoms with Crippen LogP contribution in [0, 0.1) is 0 Å². The molecule has 0 fully saturated rings. The first kappa shape index (κ1) is 38.3. The van der Waals surface area contributed by atoms with Crippen molar-refractivity contribution in [3.8, 4) is 0 Å². The molecule has 45 heavy (non-hydrogen) atoms. The first-order chi connectivity index (χ1) is 21.7. The molecule has 2 rings (SSSR count). The van der Waals surface area contributed by atoms with Gasteiger partial charge in [0.15, 0.2) is 0 Å². The summed E-state index contributed by atoms with van der Waals surface area (Å²) in [5, 5.41) is 12.6. The summed E-state index contributed by atoms with van der Waals surface area (Å²) in [6, 6.07) is 0. The number of hydrogen-bond donors (Lipinski definition) is 7. The third kappa shape index (κ3) is 13.2. The molecule has 0 saturated heterocycles. The highest BCUT2D eigenvalue weighted by Crippen LogP contribution is 2.15. The van der Waals surface area contributed by atoms with E-state index in [0.717, 1.165) is 90.8 Å². The number of nitrogens with one attached hydrogen (secondary N) is 4. The summed E-state index contributed by atoms with van der Waals surface area (Å²) in [5.74, 6) is 0. The number of nitrogens with two attached hydrogens (primary N) is 3. The van der Waals surface area contributed by atoms with E-state index in [2.05, 4.69) is 36.0 Å². The Labute approximate surface area is 267 Å². The quantitative estimate of drug-likeness (QED) is 0.0424. The van der Waals surface area contributed by atoms with Crippen molar-refractivity contribution in [3.05, 3.63) is 40.9 Å². The lowest BCUT2D eigenvalue weighted by Gasteiger charge is -2.23. The van der Waals surface area contributed by atoms with Crippen molar-refractivity contribution in [2.24, 2.45) is 17.2 Å². The summed E-state index contributed by atoms with van der Waals surface area (Å²) in [6.07, 6.45) is 6.06. The van der Waals surface area contributed by atoms with Crippen LogP contribution in [-0.2, 0) is 0 Å². The second-order valence-corrected chi connectivity index (χ2v) is 11.8. The van der Waals surface area contributed by atoms with Crippen LogP contribution in [0.1, 0.15) is 44.9 Å². The lowest BCUT2D eigenvalue weighted by molar-refractivity contribution is 0.270. The molecule has 10 N–H and O–H groups in total. The Kier molecular flexibility index (Phi) is 18.5. The van der Waals surface area contributed by atoms with Gasteiger partial charge >= 0.3 is 0 Å². The average Bonchev–Trinajstić information content (AvgIpc) is 3.05. The van der Waals surface area contributed by atoms with E-state index in [1.54, 1.807) is 0 Å². The van der Waals surface area contributed by atoms with Gasteiger partial charge in [-0.25, -0.2) is 0 Å². The predicted molar refractivity (Wildman–Crippen MR) is 188 cm³/mol. The highest BCUT2D eigenvalue weighted by atomic mass is 16.2. The molecule has 14 heteroatoms. The monoisotopic (exact) mass is 634 g/mol. The summed E-state index contributed by atoms with van der Waals surface area (Å²) >= 11 is 0. The molecule has 0 aliphatic rings. The van der Waals surface area contributed by atoms with E-state index in [1.165, 1.54) is 0 Å². The van der Waals surface area contributed by atoms with E-state index in [0.29, 0.717) is 68.6 Å². The zero-order chi connectivity index (χ0) is 33.0. The predicted octanol–water partition coefficient (Wildman–Crippen LogP) is -1.00. The van der Waals surface area contributed by atoms with Gasteiger partial charge < -0.3 is 53.2 Å². The van der Waals surface area contributed by atoms with Gasteiger partial charge in [-0.3, -0.25) is 19.2 Å². The maximum absolute atomic E-state index is 12.1. The number of nitrogens with zero attached hydrogens (tertiary/aromatic N) is 3. The number of rotatable bonds is 29. The Morgan fingerprint density at radius 3 is 0.978 bits per heavy atom. The molecule has 2 aromatic carbocycles. The van der Waals surface area contributed by atoms with Crippen molar-refractivity contribution < 1.29 is 0 Å². The molecule has 0 amide bonds. The standard InChI is InChI=1S/C31H58N10O4/c1-39(17-3-10-32)19-6-13-35-24-26(30(44)28(24)42)37-15-8-22-41(21-5-12-34)23-9-16-38-27-25(29(43)31(27)45)36-14-7-20-40(2)18-4-11-33/h35-38H,3-23,32-34H2,1-2H3. The molecule has 0 aliphatic carbocycles. The van der Waals surface area contributed by atoms with E-state index in [9.17, 15) is 19.2 Å². The smallest absolute Gasteiger partial charge is 0.253 e. The number of anilines is 4. The molecule has 0 unspecified atom stereocenters. The summed E-state index contributed by atoms with van der Waals surface area (Å²) in [5.41, 5.74) is 16.5. The molecular formula is C31H58N10O4. The van der Waals surface area contributed by atoms with Gasteiger partial charge in [-0.05, 0) is 124 Å². The minimum Gasteiger partial charge on any atom is -0.380 e. The molecule has 0 saturated carbocycles. The normalized spacial score (nSPS) is 11.8. The Morgan fingerprint density at radius 1 is 0.422 bits per heavy atom. The Morgan fingerprint density at radius 2 is 0.667 bits per heavy atom. The minimum absolute atomic E-state index is 0.380. The van der Waals surface area contributed by atoms with E-state index >= 15 is 0 Å². The molecule has 0 spiro atoms. The number of hydrogen-bond acceptors (Lipinski definition) is 14. The highest BCUT2D eigenvalue weighted by Gasteiger charge is 2.21. The van der Waals surface area contributed by atoms with Crippen LogP contribution in [0.5, 0.6) is 0 Å². The molecular weight excluding hydrogens is 576 g/mol. The van der Waals surface area contributed by atoms with Crippen LogP contribution in [0.25, 0.3) is 0 Å². The summed E-state index contributed by atoms with van der Waals surface area (Å²) in [7, 11) is 4.09. The SMILES string of the molecule is CN(CCCN)CCCNc1c(NCCCN(CCCN)CCCNc2c(NCCCN(C)CCCN)c(=O)c2=O)c(=O)c1=O. The Hall–Kier alpha value is -2.88. The van der Waals surface area contributed by atoms with Crippen molar-refractivity contribution in [1.29, 1.82) is 0 Å². The van der Waals surface area contributed by atoms with Gasteiger partial charge in [-0.1, -0.05) is 0 Å². The van der Waals surface area contributed by atoms with Gasteiger partial charge in [0.2, 0.25) is 0 Å². The largest absolute Gasteiger partial charge is 0.380 e. The second kappa shape index (κ2) is 21.8. The zero-order valence-corrected chi connectivity index (χ0v) is 27.6. The minimum atomic E-state index is -0.467. The summed E-state index contributed by atoms with van der Waals surface area (Å²) < 4.78 is 0. The molecule has 0 aromatic heterocycles. The van der Waals surface area contributed by atoms with Crippen LogP contribution in [0.2, 0.25) is 0 Å². The van der Waals surface area contributed by atoms with E-state index in [-0.39, 0.29) is 0 Å². The molecule has 0 aliphatic heterocycles. The third-order valence-electron chi connectivity index (χ3n) is 7.93. The van der Waals surface area contributed by atoms with Gasteiger partial charge in [0.25, 0.3) is 21.7 Å². The Balaban J connectivity index is 1.70. The third-order valence-corrected chi connectivity index (χ3v) is 7.93. The lowest BCUT2D eigenvalue weighted by atomic mass is 10.1. The van der Waals surface area contributed by atoms with Crippen molar-refractivity contribution in [1.82, 2.24) is 14.7 Å². The first-order valence-corrected chi connectivity index (χ1v) is 16.6. The van der Waals surface area contributed by atoms with Crippen molar-refractivity contribution in [3.63, 3.8) is 0 Å². The van der Waals surface area contributed by atoms with Crippen LogP contribution < -0.4 is 60.2 Å². The topological polar surface area (TPSA) is 204 Å². The molecule has 0 heterocycles. The van der Waals surface area contributed by atoms with Crippen LogP contribution in [0.15, 0.2) is 19.2 Å². The summed E-state index contributed by atoms with van der Waals surface area (Å²) in [4.78, 5) is 55.2. The van der Waals surface area contributed by atoms with Crippen LogP contribution in [-0.4, -0.2) is 120 Å². The van der Waals surface area contributed by atoms with Crippen LogP contribution in [0.3, 0.4) is 0 Å². The van der Waals surface area contributed by atoms with Gasteiger partial charge in [0.05, 0.1) is 0 Å². The lowest BCUT2D eigenvalue weighted by Crippen LogP contribution is -2.39. The second-order valence-electron chi connectivity index (χ2n) is 11.8. The van der Waals surface area contributed by atoms with Crippen LogP contribution >= 0.6 is 0 Å². The van der Waals surface area contributed by atoms with Gasteiger partial charge in [-0.2, -0.15) is 0 Å². The van der Waals surface area contributed by atoms with Gasteiger partial charge in [0, 0.05) is 26.2 Å². The van der Waals surface area contributed by atoms with E-state index < -0.39 is 21.7 Å². The van der Waals surface area contributed by atoms with E-state index in [4.69, 9.17) is 17.2 Å².